The van der Waals surface area contributed by atoms with Crippen molar-refractivity contribution < 1.29 is 4.39 Å². The number of halogens is 1. The molecule has 0 aliphatic heterocycles. The topological polar surface area (TPSA) is 160 Å². The summed E-state index contributed by atoms with van der Waals surface area (Å²) in [5, 5.41) is 2.32. The molecule has 0 bridgehead atoms. The maximum atomic E-state index is 15.6. The van der Waals surface area contributed by atoms with Gasteiger partial charge in [0.05, 0.1) is 34.4 Å². The van der Waals surface area contributed by atoms with E-state index in [-0.39, 0.29) is 11.4 Å². The van der Waals surface area contributed by atoms with Crippen LogP contribution >= 0.6 is 0 Å². The van der Waals surface area contributed by atoms with E-state index < -0.39 is 5.82 Å². The van der Waals surface area contributed by atoms with E-state index in [1.54, 1.807) is 24.3 Å². The van der Waals surface area contributed by atoms with Crippen molar-refractivity contribution in [2.75, 3.05) is 0 Å². The maximum Gasteiger partial charge on any atom is 0.190 e. The highest BCUT2D eigenvalue weighted by molar-refractivity contribution is 6.16. The molecule has 0 fully saturated rings. The second kappa shape index (κ2) is 34.0. The molecule has 5 aromatic heterocycles. The van der Waals surface area contributed by atoms with Crippen LogP contribution in [0.3, 0.4) is 0 Å². The van der Waals surface area contributed by atoms with Gasteiger partial charge in [0.2, 0.25) is 0 Å². The van der Waals surface area contributed by atoms with Crippen molar-refractivity contribution in [2.45, 2.75) is 6.42 Å². The van der Waals surface area contributed by atoms with Crippen molar-refractivity contribution in [1.29, 1.82) is 0 Å². The first-order chi connectivity index (χ1) is 60.9. The summed E-state index contributed by atoms with van der Waals surface area (Å²) in [5.41, 5.74) is 23.0. The number of para-hydroxylation sites is 1. The summed E-state index contributed by atoms with van der Waals surface area (Å²) in [4.78, 5) is 59.2. The van der Waals surface area contributed by atoms with Crippen LogP contribution in [0.2, 0.25) is 0 Å². The molecule has 2 aliphatic rings. The third-order valence-electron chi connectivity index (χ3n) is 21.6. The zero-order valence-electron chi connectivity index (χ0n) is 66.2. The van der Waals surface area contributed by atoms with E-state index in [0.29, 0.717) is 69.6 Å². The summed E-state index contributed by atoms with van der Waals surface area (Å²) < 4.78 is 17.9. The molecule has 22 rings (SSSR count). The van der Waals surface area contributed by atoms with Crippen molar-refractivity contribution in [3.8, 4) is 164 Å². The van der Waals surface area contributed by atoms with E-state index in [9.17, 15) is 0 Å². The van der Waals surface area contributed by atoms with Crippen LogP contribution in [0.5, 0.6) is 0 Å². The minimum atomic E-state index is -0.470. The van der Waals surface area contributed by atoms with Gasteiger partial charge in [-0.2, -0.15) is 0 Å². The van der Waals surface area contributed by atoms with Gasteiger partial charge in [-0.05, 0) is 99.5 Å². The van der Waals surface area contributed by atoms with Crippen molar-refractivity contribution in [3.05, 3.63) is 447 Å². The Morgan fingerprint density at radius 3 is 1.04 bits per heavy atom. The highest BCUT2D eigenvalue weighted by Crippen LogP contribution is 2.45. The lowest BCUT2D eigenvalue weighted by molar-refractivity contribution is 0.630. The lowest BCUT2D eigenvalue weighted by atomic mass is 9.94. The molecule has 0 unspecified atom stereocenters. The highest BCUT2D eigenvalue weighted by Gasteiger charge is 2.27. The molecule has 0 N–H and O–H groups in total. The molecule has 123 heavy (non-hydrogen) atoms. The van der Waals surface area contributed by atoms with Gasteiger partial charge in [0.25, 0.3) is 0 Å². The number of benzene rings is 15. The minimum Gasteiger partial charge on any atom is -0.308 e. The Morgan fingerprint density at radius 1 is 0.244 bits per heavy atom. The fraction of sp³-hybridized carbons (Fsp3) is 0.00917. The molecule has 2 aliphatic carbocycles. The molecular weight excluding hydrogens is 1510 g/mol. The third-order valence-corrected chi connectivity index (χ3v) is 21.6. The van der Waals surface area contributed by atoms with Gasteiger partial charge in [-0.25, -0.2) is 64.2 Å². The summed E-state index contributed by atoms with van der Waals surface area (Å²) in [7, 11) is 0. The SMILES string of the molecule is Fc1ccc(-c2nc(-c3ccccc3)nc(-c3ccccc3)n2)cc1-c1nc(C2=CC=[C+]C=C2)nc(-c2ccccc2)n1.c1ccc(-c2cccc3c2-c2ccccc2C3)cc1.c1ccc(-c2nc(-c3ccccc3)nc(-c3ccc(-n4c5ccccc5c5c(-c6ccccc6)cccc54)c(-c4nc(-c5ccccc5)nc(-c5ccccc5)n4)c3)n2)cc1. The Hall–Kier alpha value is -16.8. The van der Waals surface area contributed by atoms with Gasteiger partial charge >= 0.3 is 0 Å². The summed E-state index contributed by atoms with van der Waals surface area (Å²) in [6, 6.07) is 132. The van der Waals surface area contributed by atoms with Crippen LogP contribution in [0, 0.1) is 11.9 Å². The number of hydrogen-bond acceptors (Lipinski definition) is 12. The van der Waals surface area contributed by atoms with Crippen LogP contribution < -0.4 is 0 Å². The zero-order chi connectivity index (χ0) is 82.2. The number of rotatable bonds is 15. The average Bonchev–Trinajstić information content (AvgIpc) is 1.57. The van der Waals surface area contributed by atoms with E-state index in [1.165, 1.54) is 44.8 Å². The second-order valence-corrected chi connectivity index (χ2v) is 29.5. The summed E-state index contributed by atoms with van der Waals surface area (Å²) in [5.74, 6) is 5.44. The van der Waals surface area contributed by atoms with E-state index in [1.807, 2.05) is 224 Å². The van der Waals surface area contributed by atoms with Gasteiger partial charge in [0.15, 0.2) is 69.9 Å². The van der Waals surface area contributed by atoms with Crippen molar-refractivity contribution in [3.63, 3.8) is 0 Å². The quantitative estimate of drug-likeness (QED) is 0.0895. The Labute approximate surface area is 709 Å². The Balaban J connectivity index is 0.000000133. The first-order valence-corrected chi connectivity index (χ1v) is 40.6. The lowest BCUT2D eigenvalue weighted by Crippen LogP contribution is -2.05. The predicted octanol–water partition coefficient (Wildman–Crippen LogP) is 25.6. The predicted molar refractivity (Wildman–Crippen MR) is 491 cm³/mol. The van der Waals surface area contributed by atoms with Crippen LogP contribution in [0.15, 0.2) is 419 Å². The van der Waals surface area contributed by atoms with Gasteiger partial charge in [-0.15, -0.1) is 0 Å². The molecule has 13 nitrogen and oxygen atoms in total. The molecule has 0 amide bonds. The maximum absolute atomic E-state index is 15.6. The van der Waals surface area contributed by atoms with E-state index in [4.69, 9.17) is 59.8 Å². The molecule has 15 aromatic carbocycles. The Kier molecular flexibility index (Phi) is 20.7. The van der Waals surface area contributed by atoms with Crippen LogP contribution in [0.25, 0.3) is 192 Å². The largest absolute Gasteiger partial charge is 0.308 e. The fourth-order valence-electron chi connectivity index (χ4n) is 15.8. The fourth-order valence-corrected chi connectivity index (χ4v) is 15.8. The first-order valence-electron chi connectivity index (χ1n) is 40.6. The number of fused-ring (bicyclic) bond motifs is 6. The Bertz CT molecular complexity index is 7190. The van der Waals surface area contributed by atoms with Crippen molar-refractivity contribution in [1.82, 2.24) is 64.4 Å². The Morgan fingerprint density at radius 2 is 0.577 bits per heavy atom. The van der Waals surface area contributed by atoms with Crippen LogP contribution in [-0.4, -0.2) is 64.4 Å². The minimum absolute atomic E-state index is 0.205. The molecule has 578 valence electrons. The normalized spacial score (nSPS) is 11.7. The van der Waals surface area contributed by atoms with Crippen molar-refractivity contribution in [2.24, 2.45) is 0 Å². The van der Waals surface area contributed by atoms with E-state index in [2.05, 4.69) is 174 Å². The van der Waals surface area contributed by atoms with Gasteiger partial charge in [0, 0.05) is 72.5 Å². The van der Waals surface area contributed by atoms with Gasteiger partial charge in [0.1, 0.15) is 23.5 Å². The third kappa shape index (κ3) is 15.7. The number of allylic oxidation sites excluding steroid dienone is 6. The molecule has 0 saturated carbocycles. The van der Waals surface area contributed by atoms with Crippen molar-refractivity contribution >= 4 is 27.4 Å². The molecule has 20 aromatic rings. The zero-order valence-corrected chi connectivity index (χ0v) is 66.2. The van der Waals surface area contributed by atoms with E-state index >= 15 is 4.39 Å². The molecule has 14 heteroatoms. The van der Waals surface area contributed by atoms with Crippen LogP contribution in [0.1, 0.15) is 17.0 Å². The van der Waals surface area contributed by atoms with Gasteiger partial charge < -0.3 is 4.57 Å². The molecule has 5 heterocycles. The van der Waals surface area contributed by atoms with Crippen LogP contribution in [-0.2, 0) is 6.42 Å². The standard InChI is InChI=1S/C54H35N7.C36H22FN6.C19H14/c1-6-19-36(20-7-1)42-30-18-32-47-48(42)43-29-16-17-31-45(43)61(47)46-34-33-41(53-57-49(37-21-8-2-9-22-37)55-50(58-53)38-23-10-3-11-24-38)35-44(46)54-59-51(39-25-12-4-13-26-39)56-52(60-54)40-27-14-5-15-28-40;37-30-22-21-28(35-40-31(24-13-5-1-6-14-24)38-32(41-35)25-15-7-2-8-16-25)23-29(30)36-42-33(26-17-9-3-10-18-26)39-34(43-36)27-19-11-4-12-20-27;1-2-7-14(8-3-1)17-12-6-10-16-13-15-9-4-5-11-18(15)19(16)17/h1-35H;1-3,5-23H;1-12H,13H2/q;+1;. The smallest absolute Gasteiger partial charge is 0.190 e. The van der Waals surface area contributed by atoms with Gasteiger partial charge in [-0.3, -0.25) is 0 Å². The molecule has 0 spiro atoms. The average molecular weight is 1580 g/mol. The first kappa shape index (κ1) is 75.0. The molecular formula is C109H71FN13+. The number of nitrogens with zero attached hydrogens (tertiary/aromatic N) is 13. The van der Waals surface area contributed by atoms with E-state index in [0.717, 1.165) is 95.3 Å². The summed E-state index contributed by atoms with van der Waals surface area (Å²) in [6.07, 6.45) is 11.4. The van der Waals surface area contributed by atoms with Crippen LogP contribution in [0.4, 0.5) is 4.39 Å². The summed E-state index contributed by atoms with van der Waals surface area (Å²) in [6.45, 7) is 0. The number of aromatic nitrogens is 13. The molecule has 0 radical (unpaired) electrons. The molecule has 0 atom stereocenters. The summed E-state index contributed by atoms with van der Waals surface area (Å²) >= 11 is 0. The highest BCUT2D eigenvalue weighted by atomic mass is 19.1. The van der Waals surface area contributed by atoms with Gasteiger partial charge in [-0.1, -0.05) is 346 Å². The monoisotopic (exact) mass is 1580 g/mol. The lowest BCUT2D eigenvalue weighted by Gasteiger charge is -2.16. The number of hydrogen-bond donors (Lipinski definition) is 0. The second-order valence-electron chi connectivity index (χ2n) is 29.5. The molecule has 0 saturated heterocycles.